The maximum Gasteiger partial charge on any atom is 0.140 e. The third-order valence-electron chi connectivity index (χ3n) is 6.53. The van der Waals surface area contributed by atoms with Crippen molar-refractivity contribution in [1.82, 2.24) is 10.2 Å². The van der Waals surface area contributed by atoms with Crippen molar-refractivity contribution in [1.29, 1.82) is 0 Å². The number of aryl methyl sites for hydroxylation is 1. The van der Waals surface area contributed by atoms with Crippen LogP contribution >= 0.6 is 11.3 Å². The van der Waals surface area contributed by atoms with Crippen LogP contribution in [0.4, 0.5) is 20.8 Å². The number of piperazine rings is 1. The van der Waals surface area contributed by atoms with Crippen LogP contribution in [0, 0.1) is 5.82 Å². The third-order valence-corrected chi connectivity index (χ3v) is 7.61. The maximum atomic E-state index is 14.0. The number of hydrogen-bond acceptors (Lipinski definition) is 6. The molecule has 7 heteroatoms. The highest BCUT2D eigenvalue weighted by molar-refractivity contribution is 7.23. The molecule has 3 heterocycles. The number of nitrogens with zero attached hydrogens (tertiary/aromatic N) is 2. The molecule has 0 unspecified atom stereocenters. The van der Waals surface area contributed by atoms with Gasteiger partial charge in [0, 0.05) is 35.8 Å². The number of amidine groups is 1. The standard InChI is InChI=1S/C27H25FN4OS/c28-18-8-12-22-23(15-18)31-27-25(21-3-1-2-4-24(21)34-27)26(30-22)32-14-13-29-19(16-32)9-5-17-6-10-20(33)11-7-17/h1-4,6-8,10-12,15,19,29,31,33H,5,9,13-14,16H2/t19-/m0/s1. The van der Waals surface area contributed by atoms with E-state index in [1.54, 1.807) is 29.5 Å². The first-order valence-electron chi connectivity index (χ1n) is 11.6. The Labute approximate surface area is 201 Å². The van der Waals surface area contributed by atoms with Crippen LogP contribution in [0.3, 0.4) is 0 Å². The number of fused-ring (bicyclic) bond motifs is 4. The summed E-state index contributed by atoms with van der Waals surface area (Å²) in [5.41, 5.74) is 3.76. The van der Waals surface area contributed by atoms with E-state index in [-0.39, 0.29) is 5.82 Å². The van der Waals surface area contributed by atoms with Gasteiger partial charge in [0.05, 0.1) is 16.9 Å². The lowest BCUT2D eigenvalue weighted by molar-refractivity contribution is 0.282. The van der Waals surface area contributed by atoms with E-state index < -0.39 is 0 Å². The highest BCUT2D eigenvalue weighted by Crippen LogP contribution is 2.43. The fourth-order valence-corrected chi connectivity index (χ4v) is 5.91. The molecule has 5 nitrogen and oxygen atoms in total. The van der Waals surface area contributed by atoms with Gasteiger partial charge >= 0.3 is 0 Å². The van der Waals surface area contributed by atoms with Crippen molar-refractivity contribution in [2.24, 2.45) is 4.99 Å². The number of hydrogen-bond donors (Lipinski definition) is 3. The Morgan fingerprint density at radius 1 is 1.09 bits per heavy atom. The Bertz CT molecular complexity index is 1380. The maximum absolute atomic E-state index is 14.0. The molecule has 0 radical (unpaired) electrons. The summed E-state index contributed by atoms with van der Waals surface area (Å²) >= 11 is 1.68. The first-order chi connectivity index (χ1) is 16.6. The molecule has 1 saturated heterocycles. The lowest BCUT2D eigenvalue weighted by Gasteiger charge is -2.36. The molecular formula is C27H25FN4OS. The van der Waals surface area contributed by atoms with Gasteiger partial charge in [0.25, 0.3) is 0 Å². The minimum absolute atomic E-state index is 0.274. The molecule has 0 amide bonds. The molecule has 0 bridgehead atoms. The van der Waals surface area contributed by atoms with Crippen LogP contribution in [-0.4, -0.2) is 41.5 Å². The zero-order chi connectivity index (χ0) is 23.1. The molecule has 0 saturated carbocycles. The summed E-state index contributed by atoms with van der Waals surface area (Å²) in [6.45, 7) is 2.58. The van der Waals surface area contributed by atoms with Gasteiger partial charge in [0.2, 0.25) is 0 Å². The van der Waals surface area contributed by atoms with Crippen molar-refractivity contribution in [2.45, 2.75) is 18.9 Å². The molecule has 2 aliphatic heterocycles. The molecule has 34 heavy (non-hydrogen) atoms. The number of halogens is 1. The Kier molecular flexibility index (Phi) is 5.43. The van der Waals surface area contributed by atoms with E-state index in [0.29, 0.717) is 17.5 Å². The van der Waals surface area contributed by atoms with E-state index in [0.717, 1.165) is 54.6 Å². The van der Waals surface area contributed by atoms with Gasteiger partial charge in [0.1, 0.15) is 22.4 Å². The summed E-state index contributed by atoms with van der Waals surface area (Å²) in [6.07, 6.45) is 1.93. The zero-order valence-electron chi connectivity index (χ0n) is 18.6. The quantitative estimate of drug-likeness (QED) is 0.353. The van der Waals surface area contributed by atoms with E-state index in [4.69, 9.17) is 4.99 Å². The van der Waals surface area contributed by atoms with Crippen LogP contribution in [0.15, 0.2) is 71.7 Å². The van der Waals surface area contributed by atoms with Crippen molar-refractivity contribution < 1.29 is 9.50 Å². The summed E-state index contributed by atoms with van der Waals surface area (Å²) in [4.78, 5) is 7.47. The summed E-state index contributed by atoms with van der Waals surface area (Å²) in [6, 6.07) is 20.9. The third kappa shape index (κ3) is 4.02. The molecular weight excluding hydrogens is 447 g/mol. The average Bonchev–Trinajstić information content (AvgIpc) is 3.13. The smallest absolute Gasteiger partial charge is 0.140 e. The highest BCUT2D eigenvalue weighted by atomic mass is 32.1. The fourth-order valence-electron chi connectivity index (χ4n) is 4.80. The van der Waals surface area contributed by atoms with Gasteiger partial charge < -0.3 is 20.6 Å². The monoisotopic (exact) mass is 472 g/mol. The first-order valence-corrected chi connectivity index (χ1v) is 12.4. The second-order valence-electron chi connectivity index (χ2n) is 8.83. The number of aromatic hydroxyl groups is 1. The lowest BCUT2D eigenvalue weighted by Crippen LogP contribution is -2.52. The molecule has 3 N–H and O–H groups in total. The largest absolute Gasteiger partial charge is 0.508 e. The molecule has 4 aromatic rings. The van der Waals surface area contributed by atoms with E-state index in [1.807, 2.05) is 18.2 Å². The summed E-state index contributed by atoms with van der Waals surface area (Å²) in [5, 5.41) is 18.8. The molecule has 172 valence electrons. The van der Waals surface area contributed by atoms with Crippen molar-refractivity contribution >= 4 is 43.6 Å². The average molecular weight is 473 g/mol. The van der Waals surface area contributed by atoms with Crippen LogP contribution in [0.1, 0.15) is 17.5 Å². The van der Waals surface area contributed by atoms with Gasteiger partial charge in [-0.3, -0.25) is 0 Å². The minimum atomic E-state index is -0.274. The van der Waals surface area contributed by atoms with E-state index in [1.165, 1.54) is 27.8 Å². The normalized spacial score (nSPS) is 17.5. The number of anilines is 2. The number of benzene rings is 3. The van der Waals surface area contributed by atoms with Crippen LogP contribution in [0.5, 0.6) is 5.75 Å². The van der Waals surface area contributed by atoms with E-state index in [9.17, 15) is 9.50 Å². The number of aliphatic imine (C=N–C) groups is 1. The fraction of sp³-hybridized carbons (Fsp3) is 0.222. The van der Waals surface area contributed by atoms with E-state index >= 15 is 0 Å². The van der Waals surface area contributed by atoms with Gasteiger partial charge in [-0.2, -0.15) is 0 Å². The Morgan fingerprint density at radius 3 is 2.82 bits per heavy atom. The Morgan fingerprint density at radius 2 is 1.94 bits per heavy atom. The second kappa shape index (κ2) is 8.74. The topological polar surface area (TPSA) is 59.9 Å². The molecule has 1 fully saturated rings. The van der Waals surface area contributed by atoms with Crippen molar-refractivity contribution in [3.8, 4) is 5.75 Å². The van der Waals surface area contributed by atoms with Crippen LogP contribution < -0.4 is 10.6 Å². The van der Waals surface area contributed by atoms with Crippen LogP contribution in [0.25, 0.3) is 10.1 Å². The first kappa shape index (κ1) is 21.1. The van der Waals surface area contributed by atoms with Gasteiger partial charge in [-0.15, -0.1) is 11.3 Å². The number of phenols is 1. The second-order valence-corrected chi connectivity index (χ2v) is 9.88. The van der Waals surface area contributed by atoms with E-state index in [2.05, 4.69) is 33.7 Å². The number of rotatable bonds is 3. The number of phenolic OH excluding ortho intramolecular Hbond substituents is 1. The lowest BCUT2D eigenvalue weighted by atomic mass is 10.0. The minimum Gasteiger partial charge on any atom is -0.508 e. The Hall–Kier alpha value is -3.42. The van der Waals surface area contributed by atoms with Gasteiger partial charge in [-0.25, -0.2) is 9.38 Å². The van der Waals surface area contributed by atoms with Crippen LogP contribution in [-0.2, 0) is 6.42 Å². The van der Waals surface area contributed by atoms with Crippen LogP contribution in [0.2, 0.25) is 0 Å². The molecule has 2 aliphatic rings. The highest BCUT2D eigenvalue weighted by Gasteiger charge is 2.29. The Balaban J connectivity index is 1.34. The van der Waals surface area contributed by atoms with Crippen molar-refractivity contribution in [3.05, 3.63) is 83.7 Å². The van der Waals surface area contributed by atoms with Crippen molar-refractivity contribution in [3.63, 3.8) is 0 Å². The molecule has 1 aromatic heterocycles. The molecule has 6 rings (SSSR count). The summed E-state index contributed by atoms with van der Waals surface area (Å²) in [5.74, 6) is 0.968. The predicted octanol–water partition coefficient (Wildman–Crippen LogP) is 5.79. The number of thiophene rings is 1. The van der Waals surface area contributed by atoms with Crippen molar-refractivity contribution in [2.75, 3.05) is 25.0 Å². The van der Waals surface area contributed by atoms with Gasteiger partial charge in [0.15, 0.2) is 0 Å². The molecule has 0 aliphatic carbocycles. The SMILES string of the molecule is Oc1ccc(CC[C@H]2CN(C3=Nc4ccc(F)cc4Nc4sc5ccccc5c43)CCN2)cc1. The summed E-state index contributed by atoms with van der Waals surface area (Å²) < 4.78 is 15.2. The van der Waals surface area contributed by atoms with Gasteiger partial charge in [-0.05, 0) is 54.8 Å². The molecule has 3 aromatic carbocycles. The molecule has 0 spiro atoms. The zero-order valence-corrected chi connectivity index (χ0v) is 19.4. The predicted molar refractivity (Wildman–Crippen MR) is 137 cm³/mol. The number of nitrogens with one attached hydrogen (secondary N) is 2. The van der Waals surface area contributed by atoms with Gasteiger partial charge in [-0.1, -0.05) is 30.3 Å². The molecule has 1 atom stereocenters. The summed E-state index contributed by atoms with van der Waals surface area (Å²) in [7, 11) is 0.